The van der Waals surface area contributed by atoms with Gasteiger partial charge in [0, 0.05) is 23.3 Å². The zero-order valence-electron chi connectivity index (χ0n) is 18.2. The molecule has 0 fully saturated rings. The van der Waals surface area contributed by atoms with Crippen LogP contribution in [0.15, 0.2) is 72.8 Å². The van der Waals surface area contributed by atoms with Crippen molar-refractivity contribution in [3.8, 4) is 34.0 Å². The van der Waals surface area contributed by atoms with Crippen molar-refractivity contribution in [2.75, 3.05) is 0 Å². The number of alkyl halides is 4. The molecule has 186 valence electrons. The van der Waals surface area contributed by atoms with Crippen LogP contribution in [0.4, 0.5) is 23.2 Å². The highest BCUT2D eigenvalue weighted by Crippen LogP contribution is 2.39. The Morgan fingerprint density at radius 1 is 0.889 bits per heavy atom. The highest BCUT2D eigenvalue weighted by atomic mass is 35.5. The summed E-state index contributed by atoms with van der Waals surface area (Å²) in [7, 11) is 0. The van der Waals surface area contributed by atoms with Crippen LogP contribution in [0.1, 0.15) is 5.56 Å². The molecular weight excluding hydrogens is 506 g/mol. The topological polar surface area (TPSA) is 79.4 Å². The number of benzene rings is 3. The Kier molecular flexibility index (Phi) is 7.39. The van der Waals surface area contributed by atoms with E-state index in [0.717, 1.165) is 0 Å². The van der Waals surface area contributed by atoms with Gasteiger partial charge in [-0.2, -0.15) is 22.7 Å². The molecule has 7 nitrogen and oxygen atoms in total. The highest BCUT2D eigenvalue weighted by Gasteiger charge is 2.21. The number of nitro benzene ring substituents is 1. The van der Waals surface area contributed by atoms with Crippen molar-refractivity contribution in [3.05, 3.63) is 93.5 Å². The van der Waals surface area contributed by atoms with E-state index in [9.17, 15) is 27.7 Å². The summed E-state index contributed by atoms with van der Waals surface area (Å²) in [5.41, 5.74) is 1.90. The van der Waals surface area contributed by atoms with Crippen molar-refractivity contribution in [2.45, 2.75) is 19.8 Å². The van der Waals surface area contributed by atoms with Crippen LogP contribution < -0.4 is 9.47 Å². The van der Waals surface area contributed by atoms with Gasteiger partial charge in [0.05, 0.1) is 22.2 Å². The van der Waals surface area contributed by atoms with E-state index in [1.807, 2.05) is 0 Å². The molecule has 0 radical (unpaired) electrons. The van der Waals surface area contributed by atoms with Crippen LogP contribution in [0, 0.1) is 10.1 Å². The van der Waals surface area contributed by atoms with Crippen LogP contribution in [0.2, 0.25) is 5.02 Å². The lowest BCUT2D eigenvalue weighted by Crippen LogP contribution is -2.05. The minimum absolute atomic E-state index is 0.0918. The number of hydrogen-bond acceptors (Lipinski definition) is 5. The van der Waals surface area contributed by atoms with E-state index in [-0.39, 0.29) is 34.4 Å². The molecule has 4 rings (SSSR count). The molecule has 0 saturated heterocycles. The van der Waals surface area contributed by atoms with Crippen molar-refractivity contribution in [2.24, 2.45) is 0 Å². The van der Waals surface area contributed by atoms with Crippen molar-refractivity contribution in [1.29, 1.82) is 0 Å². The first-order chi connectivity index (χ1) is 17.2. The van der Waals surface area contributed by atoms with E-state index in [2.05, 4.69) is 14.6 Å². The van der Waals surface area contributed by atoms with E-state index >= 15 is 0 Å². The first-order valence-corrected chi connectivity index (χ1v) is 10.7. The molecule has 0 aliphatic heterocycles. The van der Waals surface area contributed by atoms with Crippen molar-refractivity contribution >= 4 is 17.3 Å². The number of ether oxygens (including phenoxy) is 2. The Bertz CT molecular complexity index is 1380. The van der Waals surface area contributed by atoms with Gasteiger partial charge in [0.25, 0.3) is 5.69 Å². The SMILES string of the molecule is O=[N+]([O-])c1ccc(Cn2nc(-c3cccc(OC(F)F)c3)c(Cl)c2-c2cccc(OC(F)F)c2)cc1. The number of nitro groups is 1. The molecule has 0 saturated carbocycles. The lowest BCUT2D eigenvalue weighted by atomic mass is 10.1. The van der Waals surface area contributed by atoms with Crippen LogP contribution in [0.5, 0.6) is 11.5 Å². The lowest BCUT2D eigenvalue weighted by molar-refractivity contribution is -0.384. The number of halogens is 5. The predicted molar refractivity (Wildman–Crippen MR) is 124 cm³/mol. The molecule has 0 unspecified atom stereocenters. The molecule has 0 atom stereocenters. The molecular formula is C24H16ClF4N3O4. The number of hydrogen-bond donors (Lipinski definition) is 0. The molecule has 0 aliphatic rings. The molecule has 0 N–H and O–H groups in total. The summed E-state index contributed by atoms with van der Waals surface area (Å²) in [6.45, 7) is -5.95. The van der Waals surface area contributed by atoms with Gasteiger partial charge in [0.1, 0.15) is 17.2 Å². The quantitative estimate of drug-likeness (QED) is 0.134. The Morgan fingerprint density at radius 3 is 2.00 bits per heavy atom. The number of rotatable bonds is 9. The average Bonchev–Trinajstić information content (AvgIpc) is 3.14. The van der Waals surface area contributed by atoms with Gasteiger partial charge in [-0.3, -0.25) is 14.8 Å². The van der Waals surface area contributed by atoms with E-state index in [1.54, 1.807) is 24.3 Å². The smallest absolute Gasteiger partial charge is 0.387 e. The molecule has 0 bridgehead atoms. The molecule has 0 spiro atoms. The van der Waals surface area contributed by atoms with Gasteiger partial charge in [-0.25, -0.2) is 0 Å². The first-order valence-electron chi connectivity index (χ1n) is 10.3. The Hall–Kier alpha value is -4.12. The maximum Gasteiger partial charge on any atom is 0.387 e. The van der Waals surface area contributed by atoms with E-state index < -0.39 is 18.1 Å². The van der Waals surface area contributed by atoms with Crippen LogP contribution in [-0.2, 0) is 6.54 Å². The Balaban J connectivity index is 1.81. The van der Waals surface area contributed by atoms with Gasteiger partial charge in [0.2, 0.25) is 0 Å². The third-order valence-corrected chi connectivity index (χ3v) is 5.40. The minimum Gasteiger partial charge on any atom is -0.435 e. The summed E-state index contributed by atoms with van der Waals surface area (Å²) < 4.78 is 61.4. The molecule has 1 heterocycles. The largest absolute Gasteiger partial charge is 0.435 e. The third kappa shape index (κ3) is 5.74. The maximum atomic E-state index is 12.8. The molecule has 12 heteroatoms. The van der Waals surface area contributed by atoms with Crippen LogP contribution in [0.25, 0.3) is 22.5 Å². The second kappa shape index (κ2) is 10.6. The highest BCUT2D eigenvalue weighted by molar-refractivity contribution is 6.35. The normalized spacial score (nSPS) is 11.2. The molecule has 3 aromatic carbocycles. The summed E-state index contributed by atoms with van der Waals surface area (Å²) >= 11 is 6.70. The van der Waals surface area contributed by atoms with Crippen molar-refractivity contribution in [3.63, 3.8) is 0 Å². The van der Waals surface area contributed by atoms with Crippen molar-refractivity contribution in [1.82, 2.24) is 9.78 Å². The number of aromatic nitrogens is 2. The zero-order valence-corrected chi connectivity index (χ0v) is 18.9. The fourth-order valence-electron chi connectivity index (χ4n) is 3.55. The average molecular weight is 522 g/mol. The second-order valence-electron chi connectivity index (χ2n) is 7.41. The van der Waals surface area contributed by atoms with Gasteiger partial charge in [0.15, 0.2) is 0 Å². The van der Waals surface area contributed by atoms with Crippen LogP contribution in [0.3, 0.4) is 0 Å². The molecule has 1 aromatic heterocycles. The van der Waals surface area contributed by atoms with Gasteiger partial charge >= 0.3 is 13.2 Å². The molecule has 0 amide bonds. The summed E-state index contributed by atoms with van der Waals surface area (Å²) in [5.74, 6) is -0.201. The number of non-ortho nitro benzene ring substituents is 1. The molecule has 0 aliphatic carbocycles. The number of nitrogens with zero attached hydrogens (tertiary/aromatic N) is 3. The van der Waals surface area contributed by atoms with Gasteiger partial charge in [-0.05, 0) is 29.8 Å². The van der Waals surface area contributed by atoms with E-state index in [4.69, 9.17) is 11.6 Å². The summed E-state index contributed by atoms with van der Waals surface area (Å²) in [5, 5.41) is 15.6. The summed E-state index contributed by atoms with van der Waals surface area (Å²) in [4.78, 5) is 10.4. The zero-order chi connectivity index (χ0) is 25.8. The maximum absolute atomic E-state index is 12.8. The predicted octanol–water partition coefficient (Wildman–Crippen LogP) is 7.03. The van der Waals surface area contributed by atoms with Crippen LogP contribution >= 0.6 is 11.6 Å². The fraction of sp³-hybridized carbons (Fsp3) is 0.125. The second-order valence-corrected chi connectivity index (χ2v) is 7.78. The monoisotopic (exact) mass is 521 g/mol. The third-order valence-electron chi connectivity index (χ3n) is 5.04. The summed E-state index contributed by atoms with van der Waals surface area (Å²) in [6.07, 6.45) is 0. The molecule has 4 aromatic rings. The van der Waals surface area contributed by atoms with E-state index in [0.29, 0.717) is 22.4 Å². The van der Waals surface area contributed by atoms with Crippen LogP contribution in [-0.4, -0.2) is 27.9 Å². The fourth-order valence-corrected chi connectivity index (χ4v) is 3.90. The van der Waals surface area contributed by atoms with E-state index in [1.165, 1.54) is 53.2 Å². The standard InChI is InChI=1S/C24H16ClF4N3O4/c25-20-21(15-3-1-5-18(11-15)35-23(26)27)30-31(13-14-7-9-17(10-8-14)32(33)34)22(20)16-4-2-6-19(12-16)36-24(28)29/h1-12,23-24H,13H2. The van der Waals surface area contributed by atoms with Gasteiger partial charge in [-0.1, -0.05) is 48.0 Å². The van der Waals surface area contributed by atoms with Gasteiger partial charge < -0.3 is 9.47 Å². The van der Waals surface area contributed by atoms with Gasteiger partial charge in [-0.15, -0.1) is 0 Å². The Labute approximate surface area is 206 Å². The molecule has 36 heavy (non-hydrogen) atoms. The first kappa shape index (κ1) is 25.0. The van der Waals surface area contributed by atoms with Crippen molar-refractivity contribution < 1.29 is 32.0 Å². The lowest BCUT2D eigenvalue weighted by Gasteiger charge is -2.10. The Morgan fingerprint density at radius 2 is 1.44 bits per heavy atom. The summed E-state index contributed by atoms with van der Waals surface area (Å²) in [6, 6.07) is 17.4. The minimum atomic E-state index is -3.03.